The van der Waals surface area contributed by atoms with E-state index in [4.69, 9.17) is 0 Å². The van der Waals surface area contributed by atoms with Gasteiger partial charge >= 0.3 is 6.18 Å². The Balaban J connectivity index is 1.90. The van der Waals surface area contributed by atoms with E-state index in [0.717, 1.165) is 25.8 Å². The summed E-state index contributed by atoms with van der Waals surface area (Å²) < 4.78 is 38.3. The Morgan fingerprint density at radius 2 is 1.50 bits per heavy atom. The Morgan fingerprint density at radius 3 is 2.00 bits per heavy atom. The third kappa shape index (κ3) is 4.12. The van der Waals surface area contributed by atoms with Gasteiger partial charge in [-0.1, -0.05) is 19.8 Å². The Bertz CT molecular complexity index is 276. The van der Waals surface area contributed by atoms with E-state index >= 15 is 0 Å². The van der Waals surface area contributed by atoms with Crippen LogP contribution in [0.1, 0.15) is 64.7 Å². The van der Waals surface area contributed by atoms with Gasteiger partial charge in [0.2, 0.25) is 0 Å². The predicted octanol–water partition coefficient (Wildman–Crippen LogP) is 4.91. The monoisotopic (exact) mass is 291 g/mol. The molecular weight excluding hydrogens is 263 g/mol. The molecule has 2 aliphatic rings. The molecule has 1 unspecified atom stereocenters. The summed E-state index contributed by atoms with van der Waals surface area (Å²) in [7, 11) is 0. The summed E-state index contributed by atoms with van der Waals surface area (Å²) in [5, 5.41) is 3.65. The first kappa shape index (κ1) is 16.1. The van der Waals surface area contributed by atoms with Crippen molar-refractivity contribution in [3.8, 4) is 0 Å². The van der Waals surface area contributed by atoms with Crippen molar-refractivity contribution >= 4 is 0 Å². The Hall–Kier alpha value is -0.250. The molecule has 0 heterocycles. The Morgan fingerprint density at radius 1 is 0.950 bits per heavy atom. The molecule has 0 bridgehead atoms. The molecule has 118 valence electrons. The highest BCUT2D eigenvalue weighted by atomic mass is 19.4. The lowest BCUT2D eigenvalue weighted by molar-refractivity contribution is -0.184. The van der Waals surface area contributed by atoms with Gasteiger partial charge < -0.3 is 5.32 Å². The van der Waals surface area contributed by atoms with Gasteiger partial charge in [-0.05, 0) is 63.3 Å². The first-order valence-electron chi connectivity index (χ1n) is 8.32. The number of hydrogen-bond acceptors (Lipinski definition) is 1. The van der Waals surface area contributed by atoms with Crippen LogP contribution in [0.4, 0.5) is 13.2 Å². The number of halogens is 3. The minimum absolute atomic E-state index is 0.338. The van der Waals surface area contributed by atoms with Crippen LogP contribution in [0, 0.1) is 17.8 Å². The zero-order valence-corrected chi connectivity index (χ0v) is 12.5. The maximum atomic E-state index is 12.8. The molecule has 20 heavy (non-hydrogen) atoms. The highest BCUT2D eigenvalue weighted by Gasteiger charge is 2.43. The zero-order chi connectivity index (χ0) is 14.6. The molecule has 0 aromatic rings. The van der Waals surface area contributed by atoms with E-state index in [9.17, 15) is 13.2 Å². The molecular formula is C16H28F3N. The number of nitrogens with one attached hydrogen (secondary N) is 1. The first-order chi connectivity index (χ1) is 9.52. The third-order valence-electron chi connectivity index (χ3n) is 5.28. The molecule has 0 spiro atoms. The average Bonchev–Trinajstić information content (AvgIpc) is 2.93. The zero-order valence-electron chi connectivity index (χ0n) is 12.5. The summed E-state index contributed by atoms with van der Waals surface area (Å²) in [6, 6.07) is 0.464. The second kappa shape index (κ2) is 7.15. The van der Waals surface area contributed by atoms with Crippen molar-refractivity contribution < 1.29 is 13.2 Å². The van der Waals surface area contributed by atoms with E-state index in [0.29, 0.717) is 30.7 Å². The summed E-state index contributed by atoms with van der Waals surface area (Å²) in [5.74, 6) is 0.117. The van der Waals surface area contributed by atoms with Gasteiger partial charge in [0.15, 0.2) is 0 Å². The fourth-order valence-corrected chi connectivity index (χ4v) is 4.15. The van der Waals surface area contributed by atoms with Gasteiger partial charge in [-0.15, -0.1) is 0 Å². The Labute approximate surface area is 120 Å². The molecule has 1 atom stereocenters. The van der Waals surface area contributed by atoms with Gasteiger partial charge in [-0.2, -0.15) is 13.2 Å². The summed E-state index contributed by atoms with van der Waals surface area (Å²) in [4.78, 5) is 0. The van der Waals surface area contributed by atoms with E-state index in [1.54, 1.807) is 0 Å². The van der Waals surface area contributed by atoms with E-state index < -0.39 is 12.1 Å². The fraction of sp³-hybridized carbons (Fsp3) is 1.00. The van der Waals surface area contributed by atoms with Gasteiger partial charge in [0, 0.05) is 6.04 Å². The molecule has 0 saturated heterocycles. The summed E-state index contributed by atoms with van der Waals surface area (Å²) in [6.45, 7) is 3.15. The lowest BCUT2D eigenvalue weighted by Gasteiger charge is -2.38. The first-order valence-corrected chi connectivity index (χ1v) is 8.32. The van der Waals surface area contributed by atoms with Crippen molar-refractivity contribution in [3.05, 3.63) is 0 Å². The van der Waals surface area contributed by atoms with Crippen molar-refractivity contribution in [3.63, 3.8) is 0 Å². The van der Waals surface area contributed by atoms with Gasteiger partial charge in [-0.3, -0.25) is 0 Å². The molecule has 0 radical (unpaired) electrons. The highest BCUT2D eigenvalue weighted by Crippen LogP contribution is 2.43. The topological polar surface area (TPSA) is 12.0 Å². The average molecular weight is 291 g/mol. The largest absolute Gasteiger partial charge is 0.391 e. The molecule has 1 N–H and O–H groups in total. The van der Waals surface area contributed by atoms with Crippen LogP contribution in [-0.2, 0) is 0 Å². The minimum Gasteiger partial charge on any atom is -0.313 e. The smallest absolute Gasteiger partial charge is 0.313 e. The molecule has 0 aromatic heterocycles. The van der Waals surface area contributed by atoms with Crippen LogP contribution < -0.4 is 5.32 Å². The SMILES string of the molecule is CCCNC(C1CCCC1)C1CCC(C(F)(F)F)CC1. The molecule has 0 amide bonds. The molecule has 2 aliphatic carbocycles. The van der Waals surface area contributed by atoms with Crippen molar-refractivity contribution in [1.82, 2.24) is 5.32 Å². The van der Waals surface area contributed by atoms with Gasteiger partial charge in [-0.25, -0.2) is 0 Å². The molecule has 0 aromatic carbocycles. The maximum absolute atomic E-state index is 12.8. The molecule has 2 rings (SSSR count). The molecule has 1 nitrogen and oxygen atoms in total. The van der Waals surface area contributed by atoms with E-state index in [2.05, 4.69) is 12.2 Å². The van der Waals surface area contributed by atoms with Gasteiger partial charge in [0.25, 0.3) is 0 Å². The highest BCUT2D eigenvalue weighted by molar-refractivity contribution is 4.89. The summed E-state index contributed by atoms with van der Waals surface area (Å²) >= 11 is 0. The third-order valence-corrected chi connectivity index (χ3v) is 5.28. The maximum Gasteiger partial charge on any atom is 0.391 e. The van der Waals surface area contributed by atoms with Crippen LogP contribution in [0.2, 0.25) is 0 Å². The molecule has 2 saturated carbocycles. The number of hydrogen-bond donors (Lipinski definition) is 1. The molecule has 4 heteroatoms. The van der Waals surface area contributed by atoms with Gasteiger partial charge in [0.1, 0.15) is 0 Å². The van der Waals surface area contributed by atoms with Crippen molar-refractivity contribution in [1.29, 1.82) is 0 Å². The van der Waals surface area contributed by atoms with Crippen molar-refractivity contribution in [2.75, 3.05) is 6.54 Å². The molecule has 2 fully saturated rings. The Kier molecular flexibility index (Phi) is 5.76. The van der Waals surface area contributed by atoms with Crippen LogP contribution in [0.5, 0.6) is 0 Å². The summed E-state index contributed by atoms with van der Waals surface area (Å²) in [5.41, 5.74) is 0. The molecule has 0 aliphatic heterocycles. The fourth-order valence-electron chi connectivity index (χ4n) is 4.15. The van der Waals surface area contributed by atoms with Crippen LogP contribution in [0.15, 0.2) is 0 Å². The van der Waals surface area contributed by atoms with Gasteiger partial charge in [0.05, 0.1) is 5.92 Å². The predicted molar refractivity (Wildman–Crippen MR) is 75.5 cm³/mol. The van der Waals surface area contributed by atoms with Crippen LogP contribution in [-0.4, -0.2) is 18.8 Å². The van der Waals surface area contributed by atoms with Crippen LogP contribution >= 0.6 is 0 Å². The number of alkyl halides is 3. The second-order valence-electron chi connectivity index (χ2n) is 6.68. The minimum atomic E-state index is -3.98. The summed E-state index contributed by atoms with van der Waals surface area (Å²) in [6.07, 6.45) is 4.42. The van der Waals surface area contributed by atoms with Crippen LogP contribution in [0.3, 0.4) is 0 Å². The van der Waals surface area contributed by atoms with Crippen LogP contribution in [0.25, 0.3) is 0 Å². The second-order valence-corrected chi connectivity index (χ2v) is 6.68. The normalized spacial score (nSPS) is 30.6. The van der Waals surface area contributed by atoms with Crippen molar-refractivity contribution in [2.24, 2.45) is 17.8 Å². The standard InChI is InChI=1S/C16H28F3N/c1-2-11-20-15(12-5-3-4-6-12)13-7-9-14(10-8-13)16(17,18)19/h12-15,20H,2-11H2,1H3. The van der Waals surface area contributed by atoms with E-state index in [1.165, 1.54) is 25.7 Å². The van der Waals surface area contributed by atoms with Crippen molar-refractivity contribution in [2.45, 2.75) is 76.9 Å². The quantitative estimate of drug-likeness (QED) is 0.758. The lowest BCUT2D eigenvalue weighted by Crippen LogP contribution is -2.44. The number of rotatable bonds is 5. The lowest BCUT2D eigenvalue weighted by atomic mass is 9.74. The van der Waals surface area contributed by atoms with E-state index in [-0.39, 0.29) is 0 Å². The van der Waals surface area contributed by atoms with E-state index in [1.807, 2.05) is 0 Å².